The van der Waals surface area contributed by atoms with E-state index in [-0.39, 0.29) is 18.3 Å². The lowest BCUT2D eigenvalue weighted by Gasteiger charge is -2.28. The van der Waals surface area contributed by atoms with Crippen molar-refractivity contribution < 1.29 is 9.53 Å². The number of piperazine rings is 1. The number of carbonyl (C=O) groups excluding carboxylic acids is 1. The van der Waals surface area contributed by atoms with Gasteiger partial charge in [-0.25, -0.2) is 0 Å². The molecule has 1 N–H and O–H groups in total. The molecule has 1 aliphatic heterocycles. The van der Waals surface area contributed by atoms with Crippen LogP contribution in [-0.4, -0.2) is 68.6 Å². The molecule has 0 bridgehead atoms. The Labute approximate surface area is 145 Å². The SMILES string of the molecule is Cc1cccc(OCCN(C)CCC(=O)N2CCNCC2)c1.Cl. The number of likely N-dealkylation sites (N-methyl/N-ethyl adjacent to an activating group) is 1. The van der Waals surface area contributed by atoms with Crippen molar-refractivity contribution in [3.63, 3.8) is 0 Å². The number of amides is 1. The van der Waals surface area contributed by atoms with Gasteiger partial charge in [-0.1, -0.05) is 12.1 Å². The fourth-order valence-electron chi connectivity index (χ4n) is 2.50. The number of halogens is 1. The molecule has 0 saturated carbocycles. The number of benzene rings is 1. The van der Waals surface area contributed by atoms with E-state index in [9.17, 15) is 4.79 Å². The zero-order valence-electron chi connectivity index (χ0n) is 14.1. The van der Waals surface area contributed by atoms with Crippen molar-refractivity contribution in [2.24, 2.45) is 0 Å². The third kappa shape index (κ3) is 7.20. The number of aryl methyl sites for hydroxylation is 1. The number of hydrogen-bond donors (Lipinski definition) is 1. The molecule has 0 unspecified atom stereocenters. The van der Waals surface area contributed by atoms with Crippen molar-refractivity contribution in [3.05, 3.63) is 29.8 Å². The highest BCUT2D eigenvalue weighted by molar-refractivity contribution is 5.85. The molecule has 1 aliphatic rings. The maximum Gasteiger partial charge on any atom is 0.223 e. The summed E-state index contributed by atoms with van der Waals surface area (Å²) in [6.45, 7) is 7.78. The van der Waals surface area contributed by atoms with Crippen LogP contribution in [0.3, 0.4) is 0 Å². The summed E-state index contributed by atoms with van der Waals surface area (Å²) in [6.07, 6.45) is 0.584. The molecule has 1 amide bonds. The van der Waals surface area contributed by atoms with E-state index in [1.165, 1.54) is 5.56 Å². The number of hydrogen-bond acceptors (Lipinski definition) is 4. The van der Waals surface area contributed by atoms with Crippen LogP contribution in [0.5, 0.6) is 5.75 Å². The largest absolute Gasteiger partial charge is 0.492 e. The zero-order valence-corrected chi connectivity index (χ0v) is 14.9. The summed E-state index contributed by atoms with van der Waals surface area (Å²) in [5, 5.41) is 3.26. The first-order valence-corrected chi connectivity index (χ1v) is 8.01. The molecule has 6 heteroatoms. The lowest BCUT2D eigenvalue weighted by molar-refractivity contribution is -0.132. The second kappa shape index (κ2) is 10.5. The third-order valence-electron chi connectivity index (χ3n) is 3.91. The van der Waals surface area contributed by atoms with Gasteiger partial charge in [-0.05, 0) is 31.7 Å². The molecule has 2 rings (SSSR count). The third-order valence-corrected chi connectivity index (χ3v) is 3.91. The van der Waals surface area contributed by atoms with Gasteiger partial charge in [-0.2, -0.15) is 0 Å². The van der Waals surface area contributed by atoms with E-state index < -0.39 is 0 Å². The van der Waals surface area contributed by atoms with Crippen molar-refractivity contribution >= 4 is 18.3 Å². The van der Waals surface area contributed by atoms with Gasteiger partial charge in [-0.15, -0.1) is 12.4 Å². The fourth-order valence-corrected chi connectivity index (χ4v) is 2.50. The van der Waals surface area contributed by atoms with E-state index in [0.29, 0.717) is 13.0 Å². The van der Waals surface area contributed by atoms with Gasteiger partial charge < -0.3 is 19.9 Å². The predicted octanol–water partition coefficient (Wildman–Crippen LogP) is 1.55. The first-order chi connectivity index (χ1) is 10.6. The maximum atomic E-state index is 12.1. The van der Waals surface area contributed by atoms with E-state index in [2.05, 4.69) is 23.2 Å². The molecular weight excluding hydrogens is 314 g/mol. The Morgan fingerprint density at radius 1 is 1.30 bits per heavy atom. The van der Waals surface area contributed by atoms with Crippen molar-refractivity contribution in [2.75, 3.05) is 52.9 Å². The number of rotatable bonds is 7. The smallest absolute Gasteiger partial charge is 0.223 e. The first-order valence-electron chi connectivity index (χ1n) is 8.01. The maximum absolute atomic E-state index is 12.1. The number of carbonyl (C=O) groups is 1. The topological polar surface area (TPSA) is 44.8 Å². The van der Waals surface area contributed by atoms with Crippen molar-refractivity contribution in [2.45, 2.75) is 13.3 Å². The molecule has 1 saturated heterocycles. The van der Waals surface area contributed by atoms with Gasteiger partial charge in [0.05, 0.1) is 0 Å². The lowest BCUT2D eigenvalue weighted by Crippen LogP contribution is -2.47. The summed E-state index contributed by atoms with van der Waals surface area (Å²) in [5.41, 5.74) is 1.20. The van der Waals surface area contributed by atoms with E-state index in [4.69, 9.17) is 4.74 Å². The highest BCUT2D eigenvalue weighted by Crippen LogP contribution is 2.12. The molecule has 1 aromatic carbocycles. The molecule has 0 spiro atoms. The fraction of sp³-hybridized carbons (Fsp3) is 0.588. The Hall–Kier alpha value is -1.30. The van der Waals surface area contributed by atoms with E-state index in [1.807, 2.05) is 30.1 Å². The molecular formula is C17H28ClN3O2. The quantitative estimate of drug-likeness (QED) is 0.817. The van der Waals surface area contributed by atoms with Gasteiger partial charge in [0.1, 0.15) is 12.4 Å². The van der Waals surface area contributed by atoms with Crippen LogP contribution in [0.1, 0.15) is 12.0 Å². The molecule has 1 heterocycles. The summed E-state index contributed by atoms with van der Waals surface area (Å²) in [6, 6.07) is 8.07. The molecule has 0 aromatic heterocycles. The Morgan fingerprint density at radius 2 is 2.04 bits per heavy atom. The van der Waals surface area contributed by atoms with E-state index in [1.54, 1.807) is 0 Å². The Morgan fingerprint density at radius 3 is 2.74 bits per heavy atom. The van der Waals surface area contributed by atoms with Crippen LogP contribution in [0.2, 0.25) is 0 Å². The van der Waals surface area contributed by atoms with E-state index >= 15 is 0 Å². The molecule has 5 nitrogen and oxygen atoms in total. The average Bonchev–Trinajstić information content (AvgIpc) is 2.53. The van der Waals surface area contributed by atoms with Gasteiger partial charge in [0, 0.05) is 45.7 Å². The van der Waals surface area contributed by atoms with Gasteiger partial charge >= 0.3 is 0 Å². The average molecular weight is 342 g/mol. The Bertz CT molecular complexity index is 479. The molecule has 0 aliphatic carbocycles. The molecule has 0 radical (unpaired) electrons. The molecule has 130 valence electrons. The van der Waals surface area contributed by atoms with Gasteiger partial charge in [-0.3, -0.25) is 4.79 Å². The summed E-state index contributed by atoms with van der Waals surface area (Å²) in [5.74, 6) is 1.17. The zero-order chi connectivity index (χ0) is 15.8. The van der Waals surface area contributed by atoms with Crippen LogP contribution in [0.25, 0.3) is 0 Å². The summed E-state index contributed by atoms with van der Waals surface area (Å²) in [7, 11) is 2.03. The summed E-state index contributed by atoms with van der Waals surface area (Å²) in [4.78, 5) is 16.2. The monoisotopic (exact) mass is 341 g/mol. The highest BCUT2D eigenvalue weighted by atomic mass is 35.5. The minimum absolute atomic E-state index is 0. The second-order valence-corrected chi connectivity index (χ2v) is 5.85. The second-order valence-electron chi connectivity index (χ2n) is 5.85. The normalized spacial score (nSPS) is 14.5. The highest BCUT2D eigenvalue weighted by Gasteiger charge is 2.16. The minimum Gasteiger partial charge on any atom is -0.492 e. The summed E-state index contributed by atoms with van der Waals surface area (Å²) < 4.78 is 5.74. The van der Waals surface area contributed by atoms with Crippen LogP contribution in [0.15, 0.2) is 24.3 Å². The van der Waals surface area contributed by atoms with Gasteiger partial charge in [0.15, 0.2) is 0 Å². The van der Waals surface area contributed by atoms with Gasteiger partial charge in [0.2, 0.25) is 5.91 Å². The lowest BCUT2D eigenvalue weighted by atomic mass is 10.2. The molecule has 1 aromatic rings. The Balaban J connectivity index is 0.00000264. The first kappa shape index (κ1) is 19.7. The van der Waals surface area contributed by atoms with Crippen LogP contribution in [0.4, 0.5) is 0 Å². The number of ether oxygens (including phenoxy) is 1. The van der Waals surface area contributed by atoms with Crippen LogP contribution in [0, 0.1) is 6.92 Å². The van der Waals surface area contributed by atoms with Crippen molar-refractivity contribution in [1.82, 2.24) is 15.1 Å². The predicted molar refractivity (Wildman–Crippen MR) is 95.5 cm³/mol. The molecule has 23 heavy (non-hydrogen) atoms. The minimum atomic E-state index is 0. The van der Waals surface area contributed by atoms with E-state index in [0.717, 1.165) is 45.0 Å². The molecule has 0 atom stereocenters. The van der Waals surface area contributed by atoms with Crippen molar-refractivity contribution in [1.29, 1.82) is 0 Å². The van der Waals surface area contributed by atoms with Crippen LogP contribution >= 0.6 is 12.4 Å². The van der Waals surface area contributed by atoms with Crippen LogP contribution in [-0.2, 0) is 4.79 Å². The standard InChI is InChI=1S/C17H27N3O2.ClH/c1-15-4-3-5-16(14-15)22-13-12-19(2)9-6-17(21)20-10-7-18-8-11-20;/h3-5,14,18H,6-13H2,1-2H3;1H. The summed E-state index contributed by atoms with van der Waals surface area (Å²) >= 11 is 0. The number of nitrogens with zero attached hydrogens (tertiary/aromatic N) is 2. The number of nitrogens with one attached hydrogen (secondary N) is 1. The Kier molecular flexibility index (Phi) is 8.99. The van der Waals surface area contributed by atoms with Crippen molar-refractivity contribution in [3.8, 4) is 5.75 Å². The molecule has 1 fully saturated rings. The van der Waals surface area contributed by atoms with Gasteiger partial charge in [0.25, 0.3) is 0 Å². The van der Waals surface area contributed by atoms with Crippen LogP contribution < -0.4 is 10.1 Å².